The van der Waals surface area contributed by atoms with Crippen molar-refractivity contribution >= 4 is 33.4 Å². The lowest BCUT2D eigenvalue weighted by molar-refractivity contribution is -0.116. The fraction of sp³-hybridized carbons (Fsp3) is 0.0952. The first-order valence-corrected chi connectivity index (χ1v) is 8.55. The van der Waals surface area contributed by atoms with Gasteiger partial charge in [-0.25, -0.2) is 4.39 Å². The van der Waals surface area contributed by atoms with Crippen LogP contribution in [0.25, 0.3) is 21.8 Å². The molecule has 2 N–H and O–H groups in total. The van der Waals surface area contributed by atoms with Gasteiger partial charge in [-0.05, 0) is 42.8 Å². The Morgan fingerprint density at radius 3 is 2.81 bits per heavy atom. The van der Waals surface area contributed by atoms with E-state index in [9.17, 15) is 14.0 Å². The molecule has 0 aliphatic rings. The van der Waals surface area contributed by atoms with Gasteiger partial charge in [0.1, 0.15) is 5.82 Å². The average Bonchev–Trinajstić information content (AvgIpc) is 2.67. The van der Waals surface area contributed by atoms with Crippen molar-refractivity contribution in [1.82, 2.24) is 9.97 Å². The molecule has 0 unspecified atom stereocenters. The SMILES string of the molecule is O=C(CCc1cc2cc(F)ccc2[nH]c1=O)Nc1cccc2cccnc12. The lowest BCUT2D eigenvalue weighted by atomic mass is 10.1. The number of amides is 1. The molecule has 0 saturated carbocycles. The van der Waals surface area contributed by atoms with Crippen molar-refractivity contribution in [3.8, 4) is 0 Å². The summed E-state index contributed by atoms with van der Waals surface area (Å²) in [6.07, 6.45) is 2.06. The molecule has 2 aromatic heterocycles. The molecule has 6 heteroatoms. The molecule has 0 fully saturated rings. The zero-order valence-electron chi connectivity index (χ0n) is 14.3. The van der Waals surface area contributed by atoms with Crippen LogP contribution in [0.2, 0.25) is 0 Å². The first-order valence-electron chi connectivity index (χ1n) is 8.55. The Labute approximate surface area is 153 Å². The van der Waals surface area contributed by atoms with Gasteiger partial charge in [0.15, 0.2) is 0 Å². The highest BCUT2D eigenvalue weighted by Crippen LogP contribution is 2.21. The standard InChI is InChI=1S/C21H16FN3O2/c22-16-7-8-17-15(12-16)11-14(21(27)25-17)6-9-19(26)24-18-5-1-3-13-4-2-10-23-20(13)18/h1-5,7-8,10-12H,6,9H2,(H,24,26)(H,25,27). The quantitative estimate of drug-likeness (QED) is 0.581. The molecular formula is C21H16FN3O2. The van der Waals surface area contributed by atoms with Gasteiger partial charge in [0.25, 0.3) is 5.56 Å². The summed E-state index contributed by atoms with van der Waals surface area (Å²) in [5, 5.41) is 4.38. The van der Waals surface area contributed by atoms with Gasteiger partial charge in [0, 0.05) is 34.5 Å². The Kier molecular flexibility index (Phi) is 4.38. The Balaban J connectivity index is 1.51. The summed E-state index contributed by atoms with van der Waals surface area (Å²) in [4.78, 5) is 31.5. The number of hydrogen-bond donors (Lipinski definition) is 2. The minimum atomic E-state index is -0.373. The van der Waals surface area contributed by atoms with Crippen LogP contribution in [0.4, 0.5) is 10.1 Å². The number of nitrogens with zero attached hydrogens (tertiary/aromatic N) is 1. The van der Waals surface area contributed by atoms with E-state index in [0.717, 1.165) is 5.39 Å². The first-order chi connectivity index (χ1) is 13.1. The van der Waals surface area contributed by atoms with Crippen molar-refractivity contribution in [1.29, 1.82) is 0 Å². The van der Waals surface area contributed by atoms with Gasteiger partial charge in [-0.1, -0.05) is 18.2 Å². The predicted octanol–water partition coefficient (Wildman–Crippen LogP) is 3.79. The van der Waals surface area contributed by atoms with E-state index in [1.807, 2.05) is 24.3 Å². The Bertz CT molecular complexity index is 1210. The zero-order valence-corrected chi connectivity index (χ0v) is 14.3. The van der Waals surface area contributed by atoms with Crippen LogP contribution in [0.1, 0.15) is 12.0 Å². The molecule has 1 amide bonds. The molecule has 4 rings (SSSR count). The molecule has 0 radical (unpaired) electrons. The summed E-state index contributed by atoms with van der Waals surface area (Å²) in [5.74, 6) is -0.589. The number of aromatic nitrogens is 2. The monoisotopic (exact) mass is 361 g/mol. The number of halogens is 1. The van der Waals surface area contributed by atoms with Crippen LogP contribution in [0.3, 0.4) is 0 Å². The molecule has 2 aromatic carbocycles. The fourth-order valence-corrected chi connectivity index (χ4v) is 3.07. The lowest BCUT2D eigenvalue weighted by Crippen LogP contribution is -2.17. The third kappa shape index (κ3) is 3.55. The van der Waals surface area contributed by atoms with Crippen molar-refractivity contribution in [2.24, 2.45) is 0 Å². The van der Waals surface area contributed by atoms with Crippen LogP contribution in [0.15, 0.2) is 65.6 Å². The second-order valence-corrected chi connectivity index (χ2v) is 6.28. The van der Waals surface area contributed by atoms with Crippen LogP contribution in [-0.2, 0) is 11.2 Å². The maximum atomic E-state index is 13.4. The molecule has 0 atom stereocenters. The molecule has 0 spiro atoms. The van der Waals surface area contributed by atoms with Gasteiger partial charge in [0.05, 0.1) is 11.2 Å². The molecule has 0 aliphatic carbocycles. The van der Waals surface area contributed by atoms with E-state index in [2.05, 4.69) is 15.3 Å². The van der Waals surface area contributed by atoms with Gasteiger partial charge in [-0.2, -0.15) is 0 Å². The van der Waals surface area contributed by atoms with Crippen molar-refractivity contribution in [3.05, 3.63) is 82.5 Å². The van der Waals surface area contributed by atoms with Crippen LogP contribution in [0, 0.1) is 5.82 Å². The molecule has 27 heavy (non-hydrogen) atoms. The number of H-pyrrole nitrogens is 1. The lowest BCUT2D eigenvalue weighted by Gasteiger charge is -2.08. The van der Waals surface area contributed by atoms with E-state index in [0.29, 0.717) is 27.7 Å². The summed E-state index contributed by atoms with van der Waals surface area (Å²) in [5.41, 5.74) is 2.09. The van der Waals surface area contributed by atoms with E-state index in [1.54, 1.807) is 18.3 Å². The van der Waals surface area contributed by atoms with Crippen molar-refractivity contribution < 1.29 is 9.18 Å². The number of aryl methyl sites for hydroxylation is 1. The minimum Gasteiger partial charge on any atom is -0.324 e. The average molecular weight is 361 g/mol. The Hall–Kier alpha value is -3.54. The molecule has 5 nitrogen and oxygen atoms in total. The number of aromatic amines is 1. The van der Waals surface area contributed by atoms with Crippen LogP contribution in [0.5, 0.6) is 0 Å². The van der Waals surface area contributed by atoms with E-state index in [1.165, 1.54) is 18.2 Å². The summed E-state index contributed by atoms with van der Waals surface area (Å²) >= 11 is 0. The van der Waals surface area contributed by atoms with Crippen LogP contribution in [-0.4, -0.2) is 15.9 Å². The van der Waals surface area contributed by atoms with Gasteiger partial charge >= 0.3 is 0 Å². The number of carbonyl (C=O) groups excluding carboxylic acids is 1. The number of rotatable bonds is 4. The molecule has 0 aliphatic heterocycles. The fourth-order valence-electron chi connectivity index (χ4n) is 3.07. The van der Waals surface area contributed by atoms with Crippen molar-refractivity contribution in [2.45, 2.75) is 12.8 Å². The van der Waals surface area contributed by atoms with Gasteiger partial charge in [-0.15, -0.1) is 0 Å². The number of para-hydroxylation sites is 1. The first kappa shape index (κ1) is 16.9. The highest BCUT2D eigenvalue weighted by molar-refractivity contribution is 6.00. The number of hydrogen-bond acceptors (Lipinski definition) is 3. The van der Waals surface area contributed by atoms with Crippen molar-refractivity contribution in [2.75, 3.05) is 5.32 Å². The molecular weight excluding hydrogens is 345 g/mol. The Morgan fingerprint density at radius 1 is 1.07 bits per heavy atom. The van der Waals surface area contributed by atoms with E-state index >= 15 is 0 Å². The summed E-state index contributed by atoms with van der Waals surface area (Å²) < 4.78 is 13.4. The normalized spacial score (nSPS) is 11.0. The number of benzene rings is 2. The number of fused-ring (bicyclic) bond motifs is 2. The smallest absolute Gasteiger partial charge is 0.251 e. The highest BCUT2D eigenvalue weighted by Gasteiger charge is 2.10. The van der Waals surface area contributed by atoms with Gasteiger partial charge in [0.2, 0.25) is 5.91 Å². The predicted molar refractivity (Wildman–Crippen MR) is 103 cm³/mol. The van der Waals surface area contributed by atoms with Crippen LogP contribution < -0.4 is 10.9 Å². The second kappa shape index (κ2) is 6.99. The maximum absolute atomic E-state index is 13.4. The molecule has 2 heterocycles. The van der Waals surface area contributed by atoms with Gasteiger partial charge < -0.3 is 10.3 Å². The third-order valence-corrected chi connectivity index (χ3v) is 4.41. The number of carbonyl (C=O) groups is 1. The minimum absolute atomic E-state index is 0.132. The molecule has 134 valence electrons. The van der Waals surface area contributed by atoms with E-state index < -0.39 is 0 Å². The second-order valence-electron chi connectivity index (χ2n) is 6.28. The number of pyridine rings is 2. The summed E-state index contributed by atoms with van der Waals surface area (Å²) in [7, 11) is 0. The topological polar surface area (TPSA) is 74.8 Å². The van der Waals surface area contributed by atoms with E-state index in [-0.39, 0.29) is 30.1 Å². The van der Waals surface area contributed by atoms with Crippen LogP contribution >= 0.6 is 0 Å². The Morgan fingerprint density at radius 2 is 1.93 bits per heavy atom. The number of anilines is 1. The number of nitrogens with one attached hydrogen (secondary N) is 2. The molecule has 4 aromatic rings. The van der Waals surface area contributed by atoms with E-state index in [4.69, 9.17) is 0 Å². The van der Waals surface area contributed by atoms with Crippen molar-refractivity contribution in [3.63, 3.8) is 0 Å². The maximum Gasteiger partial charge on any atom is 0.251 e. The zero-order chi connectivity index (χ0) is 18.8. The third-order valence-electron chi connectivity index (χ3n) is 4.41. The van der Waals surface area contributed by atoms with Gasteiger partial charge in [-0.3, -0.25) is 14.6 Å². The molecule has 0 saturated heterocycles. The molecule has 0 bridgehead atoms. The largest absolute Gasteiger partial charge is 0.324 e. The summed E-state index contributed by atoms with van der Waals surface area (Å²) in [6, 6.07) is 15.1. The highest BCUT2D eigenvalue weighted by atomic mass is 19.1. The summed E-state index contributed by atoms with van der Waals surface area (Å²) in [6.45, 7) is 0.